The minimum Gasteiger partial charge on any atom is -0.497 e. The third kappa shape index (κ3) is 4.96. The highest BCUT2D eigenvalue weighted by Crippen LogP contribution is 2.23. The lowest BCUT2D eigenvalue weighted by Gasteiger charge is -2.11. The van der Waals surface area contributed by atoms with Crippen molar-refractivity contribution in [1.82, 2.24) is 14.9 Å². The predicted octanol–water partition coefficient (Wildman–Crippen LogP) is 3.36. The first-order valence-corrected chi connectivity index (χ1v) is 9.77. The topological polar surface area (TPSA) is 95.1 Å². The number of thioether (sulfide) groups is 1. The largest absolute Gasteiger partial charge is 0.497 e. The number of nitrogens with two attached hydrogens (primary N) is 1. The molecule has 0 unspecified atom stereocenters. The summed E-state index contributed by atoms with van der Waals surface area (Å²) < 4.78 is 6.57. The summed E-state index contributed by atoms with van der Waals surface area (Å²) in [6.07, 6.45) is 0.527. The summed E-state index contributed by atoms with van der Waals surface area (Å²) in [6, 6.07) is 14.6. The number of anilines is 1. The Morgan fingerprint density at radius 2 is 1.89 bits per heavy atom. The van der Waals surface area contributed by atoms with E-state index < -0.39 is 5.25 Å². The maximum Gasteiger partial charge on any atom is 0.237 e. The number of rotatable bonds is 7. The first-order chi connectivity index (χ1) is 13.5. The van der Waals surface area contributed by atoms with Crippen LogP contribution in [0.15, 0.2) is 53.7 Å². The van der Waals surface area contributed by atoms with Gasteiger partial charge in [-0.1, -0.05) is 35.5 Å². The molecule has 3 rings (SSSR count). The van der Waals surface area contributed by atoms with Crippen molar-refractivity contribution in [2.45, 2.75) is 23.8 Å². The lowest BCUT2D eigenvalue weighted by molar-refractivity contribution is -0.115. The van der Waals surface area contributed by atoms with Gasteiger partial charge in [-0.25, -0.2) is 4.68 Å². The summed E-state index contributed by atoms with van der Waals surface area (Å²) in [7, 11) is 1.62. The molecule has 9 heteroatoms. The summed E-state index contributed by atoms with van der Waals surface area (Å²) in [6.45, 7) is 1.79. The Labute approximate surface area is 172 Å². The second kappa shape index (κ2) is 8.99. The molecule has 0 radical (unpaired) electrons. The maximum absolute atomic E-state index is 12.4. The van der Waals surface area contributed by atoms with Crippen molar-refractivity contribution in [3.05, 3.63) is 64.9 Å². The SMILES string of the molecule is COc1ccc(Cc2nnc(S[C@@H](C)C(=O)Nc3ccc(Cl)cc3)n2N)cc1. The average Bonchev–Trinajstić information content (AvgIpc) is 3.03. The van der Waals surface area contributed by atoms with Gasteiger partial charge in [-0.3, -0.25) is 4.79 Å². The van der Waals surface area contributed by atoms with Crippen molar-refractivity contribution in [1.29, 1.82) is 0 Å². The molecule has 7 nitrogen and oxygen atoms in total. The number of hydrogen-bond acceptors (Lipinski definition) is 6. The van der Waals surface area contributed by atoms with E-state index in [9.17, 15) is 4.79 Å². The third-order valence-corrected chi connectivity index (χ3v) is 5.33. The number of amides is 1. The number of nitrogens with zero attached hydrogens (tertiary/aromatic N) is 3. The van der Waals surface area contributed by atoms with Crippen molar-refractivity contribution < 1.29 is 9.53 Å². The van der Waals surface area contributed by atoms with E-state index >= 15 is 0 Å². The molecule has 0 fully saturated rings. The van der Waals surface area contributed by atoms with Crippen molar-refractivity contribution >= 4 is 35.0 Å². The van der Waals surface area contributed by atoms with Crippen LogP contribution < -0.4 is 15.9 Å². The first kappa shape index (κ1) is 20.0. The quantitative estimate of drug-likeness (QED) is 0.452. The zero-order chi connectivity index (χ0) is 20.1. The molecule has 0 aliphatic heterocycles. The van der Waals surface area contributed by atoms with Gasteiger partial charge in [0.05, 0.1) is 12.4 Å². The van der Waals surface area contributed by atoms with Crippen LogP contribution in [0.25, 0.3) is 0 Å². The van der Waals surface area contributed by atoms with E-state index in [0.29, 0.717) is 28.1 Å². The third-order valence-electron chi connectivity index (χ3n) is 4.02. The smallest absolute Gasteiger partial charge is 0.237 e. The summed E-state index contributed by atoms with van der Waals surface area (Å²) in [4.78, 5) is 12.4. The van der Waals surface area contributed by atoms with Gasteiger partial charge in [0, 0.05) is 17.1 Å². The number of nitrogen functional groups attached to an aromatic ring is 1. The van der Waals surface area contributed by atoms with Gasteiger partial charge in [-0.05, 0) is 48.9 Å². The molecular weight excluding hydrogens is 398 g/mol. The molecule has 146 valence electrons. The molecule has 3 aromatic rings. The Bertz CT molecular complexity index is 944. The highest BCUT2D eigenvalue weighted by atomic mass is 35.5. The molecule has 2 aromatic carbocycles. The minimum atomic E-state index is -0.406. The fourth-order valence-electron chi connectivity index (χ4n) is 2.42. The van der Waals surface area contributed by atoms with E-state index in [1.54, 1.807) is 38.3 Å². The fraction of sp³-hybridized carbons (Fsp3) is 0.211. The molecule has 0 aliphatic rings. The molecular formula is C19H20ClN5O2S. The normalized spacial score (nSPS) is 11.8. The zero-order valence-corrected chi connectivity index (χ0v) is 17.0. The maximum atomic E-state index is 12.4. The van der Waals surface area contributed by atoms with E-state index in [4.69, 9.17) is 22.2 Å². The van der Waals surface area contributed by atoms with Crippen LogP contribution in [0, 0.1) is 0 Å². The van der Waals surface area contributed by atoms with Gasteiger partial charge in [0.15, 0.2) is 5.82 Å². The van der Waals surface area contributed by atoms with Crippen molar-refractivity contribution in [2.24, 2.45) is 0 Å². The second-order valence-electron chi connectivity index (χ2n) is 6.05. The summed E-state index contributed by atoms with van der Waals surface area (Å²) >= 11 is 7.10. The van der Waals surface area contributed by atoms with Gasteiger partial charge in [-0.15, -0.1) is 10.2 Å². The van der Waals surface area contributed by atoms with Crippen LogP contribution in [0.4, 0.5) is 5.69 Å². The number of hydrogen-bond donors (Lipinski definition) is 2. The van der Waals surface area contributed by atoms with Crippen LogP contribution >= 0.6 is 23.4 Å². The van der Waals surface area contributed by atoms with Gasteiger partial charge in [0.2, 0.25) is 11.1 Å². The van der Waals surface area contributed by atoms with E-state index in [-0.39, 0.29) is 5.91 Å². The molecule has 3 N–H and O–H groups in total. The minimum absolute atomic E-state index is 0.160. The summed E-state index contributed by atoms with van der Waals surface area (Å²) in [5.41, 5.74) is 1.71. The Morgan fingerprint density at radius 3 is 2.54 bits per heavy atom. The number of halogens is 1. The van der Waals surface area contributed by atoms with Gasteiger partial charge in [0.25, 0.3) is 0 Å². The highest BCUT2D eigenvalue weighted by Gasteiger charge is 2.19. The molecule has 0 saturated carbocycles. The standard InChI is InChI=1S/C19H20ClN5O2S/c1-12(18(26)22-15-7-5-14(20)6-8-15)28-19-24-23-17(25(19)21)11-13-3-9-16(27-2)10-4-13/h3-10,12H,11,21H2,1-2H3,(H,22,26)/t12-/m0/s1. The van der Waals surface area contributed by atoms with E-state index in [0.717, 1.165) is 11.3 Å². The molecule has 1 atom stereocenters. The Kier molecular flexibility index (Phi) is 6.43. The number of carbonyl (C=O) groups excluding carboxylic acids is 1. The number of nitrogens with one attached hydrogen (secondary N) is 1. The van der Waals surface area contributed by atoms with Gasteiger partial charge in [0.1, 0.15) is 5.75 Å². The number of aromatic nitrogens is 3. The molecule has 1 aromatic heterocycles. The number of methoxy groups -OCH3 is 1. The first-order valence-electron chi connectivity index (χ1n) is 8.51. The van der Waals surface area contributed by atoms with Gasteiger partial charge < -0.3 is 15.9 Å². The average molecular weight is 418 g/mol. The fourth-order valence-corrected chi connectivity index (χ4v) is 3.34. The number of benzene rings is 2. The molecule has 28 heavy (non-hydrogen) atoms. The lowest BCUT2D eigenvalue weighted by atomic mass is 10.1. The Morgan fingerprint density at radius 1 is 1.21 bits per heavy atom. The van der Waals surface area contributed by atoms with Crippen molar-refractivity contribution in [3.8, 4) is 5.75 Å². The van der Waals surface area contributed by atoms with Crippen molar-refractivity contribution in [3.63, 3.8) is 0 Å². The molecule has 1 amide bonds. The molecule has 0 aliphatic carbocycles. The summed E-state index contributed by atoms with van der Waals surface area (Å²) in [5, 5.41) is 11.8. The zero-order valence-electron chi connectivity index (χ0n) is 15.4. The molecule has 0 spiro atoms. The Balaban J connectivity index is 1.62. The van der Waals surface area contributed by atoms with Gasteiger partial charge >= 0.3 is 0 Å². The predicted molar refractivity (Wildman–Crippen MR) is 111 cm³/mol. The van der Waals surface area contributed by atoms with E-state index in [1.165, 1.54) is 16.4 Å². The molecule has 0 bridgehead atoms. The van der Waals surface area contributed by atoms with Crippen LogP contribution in [0.1, 0.15) is 18.3 Å². The van der Waals surface area contributed by atoms with Gasteiger partial charge in [-0.2, -0.15) is 0 Å². The lowest BCUT2D eigenvalue weighted by Crippen LogP contribution is -2.23. The second-order valence-corrected chi connectivity index (χ2v) is 7.79. The van der Waals surface area contributed by atoms with Crippen LogP contribution in [0.2, 0.25) is 5.02 Å². The van der Waals surface area contributed by atoms with Crippen LogP contribution in [0.5, 0.6) is 5.75 Å². The number of carbonyl (C=O) groups is 1. The molecule has 0 saturated heterocycles. The molecule has 1 heterocycles. The highest BCUT2D eigenvalue weighted by molar-refractivity contribution is 8.00. The van der Waals surface area contributed by atoms with Crippen molar-refractivity contribution in [2.75, 3.05) is 18.3 Å². The monoisotopic (exact) mass is 417 g/mol. The van der Waals surface area contributed by atoms with Crippen LogP contribution in [0.3, 0.4) is 0 Å². The van der Waals surface area contributed by atoms with Crippen LogP contribution in [-0.4, -0.2) is 33.1 Å². The number of ether oxygens (including phenoxy) is 1. The Hall–Kier alpha value is -2.71. The summed E-state index contributed by atoms with van der Waals surface area (Å²) in [5.74, 6) is 7.36. The van der Waals surface area contributed by atoms with E-state index in [2.05, 4.69) is 15.5 Å². The van der Waals surface area contributed by atoms with E-state index in [1.807, 2.05) is 24.3 Å². The van der Waals surface area contributed by atoms with Crippen LogP contribution in [-0.2, 0) is 11.2 Å².